The summed E-state index contributed by atoms with van der Waals surface area (Å²) >= 11 is 3.19. The minimum atomic E-state index is -0.857. The Bertz CT molecular complexity index is 344. The molecule has 0 aromatic heterocycles. The van der Waals surface area contributed by atoms with Crippen molar-refractivity contribution in [3.05, 3.63) is 22.4 Å². The molecule has 0 radical (unpaired) electrons. The average molecular weight is 275 g/mol. The number of halogens is 2. The third kappa shape index (κ3) is 2.95. The van der Waals surface area contributed by atoms with E-state index in [1.165, 1.54) is 6.82 Å². The fourth-order valence-electron chi connectivity index (χ4n) is 1.26. The van der Waals surface area contributed by atoms with Crippen molar-refractivity contribution in [2.45, 2.75) is 20.2 Å². The quantitative estimate of drug-likeness (QED) is 0.853. The van der Waals surface area contributed by atoms with Crippen LogP contribution in [0.5, 0.6) is 5.75 Å². The first-order valence-corrected chi connectivity index (χ1v) is 5.66. The lowest BCUT2D eigenvalue weighted by Gasteiger charge is -2.11. The van der Waals surface area contributed by atoms with Crippen molar-refractivity contribution in [2.24, 2.45) is 0 Å². The summed E-state index contributed by atoms with van der Waals surface area (Å²) in [5.74, 6) is -0.302. The van der Waals surface area contributed by atoms with Gasteiger partial charge >= 0.3 is 6.92 Å². The fraction of sp³-hybridized carbons (Fsp3) is 0.400. The predicted octanol–water partition coefficient (Wildman–Crippen LogP) is 2.20. The Morgan fingerprint density at radius 1 is 1.53 bits per heavy atom. The Balaban J connectivity index is 3.05. The highest BCUT2D eigenvalue weighted by Crippen LogP contribution is 2.20. The number of hydrogen-bond donors (Lipinski definition) is 1. The summed E-state index contributed by atoms with van der Waals surface area (Å²) in [6, 6.07) is 3.23. The average Bonchev–Trinajstić information content (AvgIpc) is 2.16. The lowest BCUT2D eigenvalue weighted by molar-refractivity contribution is 0.302. The number of rotatable bonds is 4. The first-order valence-electron chi connectivity index (χ1n) is 4.86. The largest absolute Gasteiger partial charge is 0.491 e. The second kappa shape index (κ2) is 5.51. The maximum atomic E-state index is 13.8. The smallest absolute Gasteiger partial charge is 0.324 e. The molecule has 0 atom stereocenters. The van der Waals surface area contributed by atoms with Gasteiger partial charge < -0.3 is 9.76 Å². The van der Waals surface area contributed by atoms with Gasteiger partial charge in [0.05, 0.1) is 6.61 Å². The third-order valence-corrected chi connectivity index (χ3v) is 2.66. The van der Waals surface area contributed by atoms with E-state index in [0.717, 1.165) is 6.42 Å². The van der Waals surface area contributed by atoms with Crippen LogP contribution in [0.3, 0.4) is 0 Å². The van der Waals surface area contributed by atoms with Crippen molar-refractivity contribution >= 4 is 28.3 Å². The highest BCUT2D eigenvalue weighted by atomic mass is 79.9. The first-order chi connectivity index (χ1) is 7.07. The first kappa shape index (κ1) is 12.5. The fourth-order valence-corrected chi connectivity index (χ4v) is 1.89. The second-order valence-electron chi connectivity index (χ2n) is 3.30. The highest BCUT2D eigenvalue weighted by Gasteiger charge is 2.19. The highest BCUT2D eigenvalue weighted by molar-refractivity contribution is 9.10. The Hall–Kier alpha value is -0.545. The molecule has 0 aliphatic heterocycles. The second-order valence-corrected chi connectivity index (χ2v) is 4.15. The minimum Gasteiger partial charge on any atom is -0.491 e. The lowest BCUT2D eigenvalue weighted by atomic mass is 9.64. The van der Waals surface area contributed by atoms with Crippen LogP contribution in [-0.2, 0) is 0 Å². The summed E-state index contributed by atoms with van der Waals surface area (Å²) in [7, 11) is 0. The van der Waals surface area contributed by atoms with Crippen molar-refractivity contribution in [1.29, 1.82) is 0 Å². The number of hydrogen-bond acceptors (Lipinski definition) is 2. The molecule has 1 aromatic rings. The van der Waals surface area contributed by atoms with Crippen LogP contribution in [-0.4, -0.2) is 18.5 Å². The van der Waals surface area contributed by atoms with E-state index in [2.05, 4.69) is 15.9 Å². The van der Waals surface area contributed by atoms with Crippen molar-refractivity contribution in [2.75, 3.05) is 6.61 Å². The summed E-state index contributed by atoms with van der Waals surface area (Å²) in [4.78, 5) is 0. The molecule has 0 aliphatic carbocycles. The van der Waals surface area contributed by atoms with Crippen molar-refractivity contribution in [3.63, 3.8) is 0 Å². The van der Waals surface area contributed by atoms with Crippen LogP contribution in [0.2, 0.25) is 6.82 Å². The monoisotopic (exact) mass is 274 g/mol. The van der Waals surface area contributed by atoms with Gasteiger partial charge in [0.25, 0.3) is 0 Å². The van der Waals surface area contributed by atoms with E-state index in [-0.39, 0.29) is 11.2 Å². The van der Waals surface area contributed by atoms with Crippen LogP contribution in [0.15, 0.2) is 16.6 Å². The molecular formula is C10H13BBrFO2. The van der Waals surface area contributed by atoms with Crippen LogP contribution >= 0.6 is 15.9 Å². The van der Waals surface area contributed by atoms with Crippen LogP contribution in [0, 0.1) is 5.82 Å². The zero-order valence-electron chi connectivity index (χ0n) is 8.76. The molecule has 0 fully saturated rings. The topological polar surface area (TPSA) is 29.5 Å². The van der Waals surface area contributed by atoms with Crippen LogP contribution in [0.4, 0.5) is 4.39 Å². The maximum absolute atomic E-state index is 13.8. The summed E-state index contributed by atoms with van der Waals surface area (Å²) < 4.78 is 19.6. The summed E-state index contributed by atoms with van der Waals surface area (Å²) in [6.07, 6.45) is 0.819. The number of ether oxygens (including phenoxy) is 1. The van der Waals surface area contributed by atoms with Gasteiger partial charge in [-0.2, -0.15) is 0 Å². The molecule has 0 aliphatic rings. The van der Waals surface area contributed by atoms with Crippen molar-refractivity contribution in [1.82, 2.24) is 0 Å². The van der Waals surface area contributed by atoms with Gasteiger partial charge in [-0.05, 0) is 18.6 Å². The van der Waals surface area contributed by atoms with Gasteiger partial charge in [-0.15, -0.1) is 0 Å². The molecule has 0 amide bonds. The zero-order chi connectivity index (χ0) is 11.4. The normalized spacial score (nSPS) is 10.2. The summed E-state index contributed by atoms with van der Waals surface area (Å²) in [6.45, 7) is 3.08. The van der Waals surface area contributed by atoms with E-state index in [9.17, 15) is 9.41 Å². The molecule has 82 valence electrons. The van der Waals surface area contributed by atoms with Crippen LogP contribution in [0.25, 0.3) is 0 Å². The maximum Gasteiger partial charge on any atom is 0.324 e. The molecule has 0 spiro atoms. The molecule has 0 unspecified atom stereocenters. The summed E-state index contributed by atoms with van der Waals surface area (Å²) in [5.41, 5.74) is 0.239. The molecular weight excluding hydrogens is 262 g/mol. The Morgan fingerprint density at radius 2 is 2.20 bits per heavy atom. The molecule has 0 saturated carbocycles. The van der Waals surface area contributed by atoms with Gasteiger partial charge in [-0.25, -0.2) is 4.39 Å². The Labute approximate surface area is 97.7 Å². The molecule has 1 rings (SSSR count). The SMILES string of the molecule is CCCOc1ccc(Br)c(B(C)O)c1F. The minimum absolute atomic E-state index is 0.191. The van der Waals surface area contributed by atoms with Crippen molar-refractivity contribution in [3.8, 4) is 5.75 Å². The van der Waals surface area contributed by atoms with Crippen molar-refractivity contribution < 1.29 is 14.2 Å². The lowest BCUT2D eigenvalue weighted by Crippen LogP contribution is -2.31. The van der Waals surface area contributed by atoms with Gasteiger partial charge in [0.2, 0.25) is 0 Å². The van der Waals surface area contributed by atoms with Gasteiger partial charge in [0, 0.05) is 9.94 Å². The van der Waals surface area contributed by atoms with E-state index in [1.807, 2.05) is 6.92 Å². The van der Waals surface area contributed by atoms with E-state index in [0.29, 0.717) is 11.1 Å². The van der Waals surface area contributed by atoms with Gasteiger partial charge in [0.1, 0.15) is 0 Å². The third-order valence-electron chi connectivity index (χ3n) is 1.97. The molecule has 1 N–H and O–H groups in total. The molecule has 0 heterocycles. The Morgan fingerprint density at radius 3 is 2.73 bits per heavy atom. The predicted molar refractivity (Wildman–Crippen MR) is 63.4 cm³/mol. The van der Waals surface area contributed by atoms with Gasteiger partial charge in [-0.3, -0.25) is 0 Å². The van der Waals surface area contributed by atoms with E-state index in [1.54, 1.807) is 12.1 Å². The molecule has 1 aromatic carbocycles. The molecule has 2 nitrogen and oxygen atoms in total. The van der Waals surface area contributed by atoms with Gasteiger partial charge in [-0.1, -0.05) is 29.7 Å². The van der Waals surface area contributed by atoms with E-state index < -0.39 is 12.7 Å². The molecule has 0 bridgehead atoms. The zero-order valence-corrected chi connectivity index (χ0v) is 10.3. The molecule has 0 saturated heterocycles. The molecule has 5 heteroatoms. The molecule has 15 heavy (non-hydrogen) atoms. The van der Waals surface area contributed by atoms with Gasteiger partial charge in [0.15, 0.2) is 11.6 Å². The number of benzene rings is 1. The summed E-state index contributed by atoms with van der Waals surface area (Å²) in [5, 5.41) is 9.41. The van der Waals surface area contributed by atoms with Crippen LogP contribution < -0.4 is 10.2 Å². The van der Waals surface area contributed by atoms with E-state index in [4.69, 9.17) is 4.74 Å². The van der Waals surface area contributed by atoms with E-state index >= 15 is 0 Å². The Kier molecular flexibility index (Phi) is 4.60. The van der Waals surface area contributed by atoms with Crippen LogP contribution in [0.1, 0.15) is 13.3 Å². The standard InChI is InChI=1S/C10H13BBrFO2/c1-3-6-15-8-5-4-7(12)9(10(8)13)11(2)14/h4-5,14H,3,6H2,1-2H3.